The summed E-state index contributed by atoms with van der Waals surface area (Å²) < 4.78 is 0. The fraction of sp³-hybridized carbons (Fsp3) is 0.125. The van der Waals surface area contributed by atoms with E-state index in [0.29, 0.717) is 16.9 Å². The molecule has 3 aromatic carbocycles. The monoisotopic (exact) mass is 434 g/mol. The van der Waals surface area contributed by atoms with Crippen LogP contribution in [0.5, 0.6) is 0 Å². The largest absolute Gasteiger partial charge is 0.478 e. The van der Waals surface area contributed by atoms with Gasteiger partial charge in [0.1, 0.15) is 6.61 Å². The summed E-state index contributed by atoms with van der Waals surface area (Å²) in [5.41, 5.74) is 6.23. The Morgan fingerprint density at radius 2 is 1.31 bits per heavy atom. The van der Waals surface area contributed by atoms with Gasteiger partial charge in [-0.25, -0.2) is 9.59 Å². The van der Waals surface area contributed by atoms with Crippen LogP contribution in [0.4, 0.5) is 11.4 Å². The van der Waals surface area contributed by atoms with E-state index < -0.39 is 17.8 Å². The maximum atomic E-state index is 12.6. The fourth-order valence-electron chi connectivity index (χ4n) is 3.10. The summed E-state index contributed by atoms with van der Waals surface area (Å²) in [6.45, 7) is 3.69. The van der Waals surface area contributed by atoms with E-state index in [1.165, 1.54) is 18.2 Å². The van der Waals surface area contributed by atoms with E-state index in [0.717, 1.165) is 11.1 Å². The molecule has 0 fully saturated rings. The number of rotatable bonds is 8. The van der Waals surface area contributed by atoms with Crippen LogP contribution in [0.3, 0.4) is 0 Å². The molecule has 164 valence electrons. The van der Waals surface area contributed by atoms with E-state index in [-0.39, 0.29) is 23.3 Å². The first kappa shape index (κ1) is 22.5. The number of carbonyl (C=O) groups excluding carboxylic acids is 1. The van der Waals surface area contributed by atoms with Crippen LogP contribution in [0.25, 0.3) is 0 Å². The van der Waals surface area contributed by atoms with Gasteiger partial charge < -0.3 is 15.5 Å². The standard InChI is InChI=1S/C24H22N2O6/c1-14-3-9-19(23(28)29)16(11-14)13-32-26-18-7-5-17(6-8-18)25-22(27)21-12-15(2)4-10-20(21)24(30)31/h3-12,26H,13H2,1-2H3,(H,25,27)(H,28,29)(H,30,31). The highest BCUT2D eigenvalue weighted by Gasteiger charge is 2.17. The minimum atomic E-state index is -1.17. The molecule has 1 amide bonds. The molecular weight excluding hydrogens is 412 g/mol. The van der Waals surface area contributed by atoms with Gasteiger partial charge in [0.15, 0.2) is 0 Å². The van der Waals surface area contributed by atoms with Gasteiger partial charge in [-0.3, -0.25) is 15.1 Å². The lowest BCUT2D eigenvalue weighted by atomic mass is 10.0. The number of hydrogen-bond acceptors (Lipinski definition) is 5. The van der Waals surface area contributed by atoms with Crippen LogP contribution < -0.4 is 10.8 Å². The molecule has 3 aromatic rings. The Morgan fingerprint density at radius 3 is 1.94 bits per heavy atom. The highest BCUT2D eigenvalue weighted by molar-refractivity contribution is 6.10. The Kier molecular flexibility index (Phi) is 6.87. The van der Waals surface area contributed by atoms with Crippen molar-refractivity contribution < 1.29 is 29.4 Å². The number of carboxylic acids is 2. The molecule has 3 rings (SSSR count). The Balaban J connectivity index is 1.62. The second-order valence-electron chi connectivity index (χ2n) is 7.24. The average Bonchev–Trinajstić information content (AvgIpc) is 2.74. The van der Waals surface area contributed by atoms with Gasteiger partial charge in [-0.05, 0) is 61.9 Å². The molecule has 0 aromatic heterocycles. The van der Waals surface area contributed by atoms with E-state index in [4.69, 9.17) is 4.84 Å². The zero-order chi connectivity index (χ0) is 23.3. The molecule has 4 N–H and O–H groups in total. The van der Waals surface area contributed by atoms with Crippen molar-refractivity contribution in [1.29, 1.82) is 0 Å². The van der Waals surface area contributed by atoms with Crippen molar-refractivity contribution in [2.75, 3.05) is 10.8 Å². The summed E-state index contributed by atoms with van der Waals surface area (Å²) in [5, 5.41) is 21.3. The molecule has 0 saturated heterocycles. The minimum absolute atomic E-state index is 0.0487. The van der Waals surface area contributed by atoms with Crippen molar-refractivity contribution in [2.45, 2.75) is 20.5 Å². The molecule has 0 heterocycles. The molecule has 8 heteroatoms. The van der Waals surface area contributed by atoms with Gasteiger partial charge in [-0.2, -0.15) is 0 Å². The summed E-state index contributed by atoms with van der Waals surface area (Å²) in [4.78, 5) is 40.7. The molecule has 0 aliphatic rings. The normalized spacial score (nSPS) is 10.4. The molecule has 0 aliphatic carbocycles. The van der Waals surface area contributed by atoms with Gasteiger partial charge in [-0.15, -0.1) is 0 Å². The Morgan fingerprint density at radius 1 is 0.750 bits per heavy atom. The lowest BCUT2D eigenvalue weighted by Gasteiger charge is -2.11. The molecule has 0 radical (unpaired) electrons. The van der Waals surface area contributed by atoms with Crippen molar-refractivity contribution in [3.8, 4) is 0 Å². The SMILES string of the molecule is Cc1ccc(C(=O)O)c(CONc2ccc(NC(=O)c3cc(C)ccc3C(=O)O)cc2)c1. The van der Waals surface area contributed by atoms with Crippen molar-refractivity contribution in [2.24, 2.45) is 0 Å². The number of carboxylic acid groups (broad SMARTS) is 2. The molecule has 0 saturated carbocycles. The number of aryl methyl sites for hydroxylation is 2. The predicted octanol–water partition coefficient (Wildman–Crippen LogP) is 4.50. The Bertz CT molecular complexity index is 1170. The van der Waals surface area contributed by atoms with Crippen LogP contribution in [-0.4, -0.2) is 28.1 Å². The Labute approximate surface area is 184 Å². The molecule has 0 aliphatic heterocycles. The second-order valence-corrected chi connectivity index (χ2v) is 7.24. The zero-order valence-electron chi connectivity index (χ0n) is 17.5. The van der Waals surface area contributed by atoms with Gasteiger partial charge in [0.2, 0.25) is 0 Å². The first-order valence-corrected chi connectivity index (χ1v) is 9.70. The third-order valence-corrected chi connectivity index (χ3v) is 4.70. The number of nitrogens with one attached hydrogen (secondary N) is 2. The number of hydrogen-bond donors (Lipinski definition) is 4. The molecule has 0 atom stereocenters. The topological polar surface area (TPSA) is 125 Å². The number of carbonyl (C=O) groups is 3. The molecule has 0 spiro atoms. The van der Waals surface area contributed by atoms with Gasteiger partial charge in [0.25, 0.3) is 5.91 Å². The average molecular weight is 434 g/mol. The number of anilines is 2. The molecule has 8 nitrogen and oxygen atoms in total. The number of benzene rings is 3. The summed E-state index contributed by atoms with van der Waals surface area (Å²) in [6.07, 6.45) is 0. The van der Waals surface area contributed by atoms with E-state index in [1.54, 1.807) is 49.4 Å². The van der Waals surface area contributed by atoms with Crippen LogP contribution >= 0.6 is 0 Å². The lowest BCUT2D eigenvalue weighted by molar-refractivity contribution is 0.0682. The maximum Gasteiger partial charge on any atom is 0.336 e. The highest BCUT2D eigenvalue weighted by atomic mass is 16.6. The van der Waals surface area contributed by atoms with Crippen molar-refractivity contribution in [3.63, 3.8) is 0 Å². The molecule has 32 heavy (non-hydrogen) atoms. The predicted molar refractivity (Wildman–Crippen MR) is 119 cm³/mol. The van der Waals surface area contributed by atoms with Crippen LogP contribution in [0.2, 0.25) is 0 Å². The van der Waals surface area contributed by atoms with Crippen molar-refractivity contribution in [3.05, 3.63) is 94.0 Å². The second kappa shape index (κ2) is 9.76. The third-order valence-electron chi connectivity index (χ3n) is 4.70. The maximum absolute atomic E-state index is 12.6. The van der Waals surface area contributed by atoms with Gasteiger partial charge in [-0.1, -0.05) is 29.3 Å². The minimum Gasteiger partial charge on any atom is -0.478 e. The van der Waals surface area contributed by atoms with Crippen LogP contribution in [0.15, 0.2) is 60.7 Å². The van der Waals surface area contributed by atoms with E-state index in [1.807, 2.05) is 6.92 Å². The Hall–Kier alpha value is -4.17. The highest BCUT2D eigenvalue weighted by Crippen LogP contribution is 2.18. The van der Waals surface area contributed by atoms with Crippen LogP contribution in [0.1, 0.15) is 47.8 Å². The summed E-state index contributed by atoms with van der Waals surface area (Å²) in [7, 11) is 0. The van der Waals surface area contributed by atoms with E-state index in [2.05, 4.69) is 10.8 Å². The third kappa shape index (κ3) is 5.50. The smallest absolute Gasteiger partial charge is 0.336 e. The van der Waals surface area contributed by atoms with Crippen LogP contribution in [-0.2, 0) is 11.4 Å². The fourth-order valence-corrected chi connectivity index (χ4v) is 3.10. The summed E-state index contributed by atoms with van der Waals surface area (Å²) in [6, 6.07) is 16.2. The van der Waals surface area contributed by atoms with Gasteiger partial charge in [0.05, 0.1) is 22.4 Å². The van der Waals surface area contributed by atoms with Gasteiger partial charge in [0, 0.05) is 5.69 Å². The van der Waals surface area contributed by atoms with Gasteiger partial charge >= 0.3 is 11.9 Å². The van der Waals surface area contributed by atoms with E-state index in [9.17, 15) is 24.6 Å². The molecular formula is C24H22N2O6. The number of aromatic carboxylic acids is 2. The van der Waals surface area contributed by atoms with Crippen LogP contribution in [0, 0.1) is 13.8 Å². The first-order chi connectivity index (χ1) is 15.2. The summed E-state index contributed by atoms with van der Waals surface area (Å²) >= 11 is 0. The lowest BCUT2D eigenvalue weighted by Crippen LogP contribution is -2.16. The van der Waals surface area contributed by atoms with Crippen molar-refractivity contribution >= 4 is 29.2 Å². The van der Waals surface area contributed by atoms with Crippen molar-refractivity contribution in [1.82, 2.24) is 0 Å². The molecule has 0 bridgehead atoms. The quantitative estimate of drug-likeness (QED) is 0.385. The van der Waals surface area contributed by atoms with E-state index >= 15 is 0 Å². The first-order valence-electron chi connectivity index (χ1n) is 9.70. The number of amides is 1. The molecule has 0 unspecified atom stereocenters. The summed E-state index contributed by atoms with van der Waals surface area (Å²) in [5.74, 6) is -2.72. The zero-order valence-corrected chi connectivity index (χ0v) is 17.5.